The number of para-hydroxylation sites is 2. The fraction of sp³-hybridized carbons (Fsp3) is 0.378. The van der Waals surface area contributed by atoms with Crippen molar-refractivity contribution in [3.63, 3.8) is 0 Å². The van der Waals surface area contributed by atoms with Gasteiger partial charge in [0.1, 0.15) is 34.2 Å². The van der Waals surface area contributed by atoms with Gasteiger partial charge in [0.15, 0.2) is 33.1 Å². The van der Waals surface area contributed by atoms with E-state index in [0.29, 0.717) is 23.7 Å². The van der Waals surface area contributed by atoms with Gasteiger partial charge < -0.3 is 0 Å². The molecule has 12 aromatic carbocycles. The van der Waals surface area contributed by atoms with Gasteiger partial charge in [-0.15, -0.1) is 0 Å². The first-order chi connectivity index (χ1) is 70.4. The topological polar surface area (TPSA) is 101 Å². The van der Waals surface area contributed by atoms with Gasteiger partial charge in [-0.3, -0.25) is 0 Å². The van der Waals surface area contributed by atoms with Gasteiger partial charge in [-0.2, -0.15) is 0 Å². The maximum absolute atomic E-state index is 4.85. The van der Waals surface area contributed by atoms with Crippen molar-refractivity contribution in [1.82, 2.24) is 29.9 Å². The molecule has 0 radical (unpaired) electrons. The summed E-state index contributed by atoms with van der Waals surface area (Å²) in [7, 11) is 12.6. The van der Waals surface area contributed by atoms with Crippen molar-refractivity contribution in [3.05, 3.63) is 353 Å². The molecule has 6 heterocycles. The molecule has 4 aliphatic carbocycles. The van der Waals surface area contributed by atoms with Crippen molar-refractivity contribution in [3.8, 4) is 67.5 Å². The second-order valence-corrected chi connectivity index (χ2v) is 45.3. The van der Waals surface area contributed by atoms with E-state index in [1.807, 2.05) is 38.0 Å². The normalized spacial score (nSPS) is 13.9. The number of aromatic nitrogens is 12. The highest BCUT2D eigenvalue weighted by Crippen LogP contribution is 2.46. The maximum atomic E-state index is 4.85. The van der Waals surface area contributed by atoms with Gasteiger partial charge in [0.25, 0.3) is 38.0 Å². The Morgan fingerprint density at radius 1 is 0.231 bits per heavy atom. The van der Waals surface area contributed by atoms with Crippen LogP contribution in [0.1, 0.15) is 281 Å². The first-order valence-electron chi connectivity index (χ1n) is 54.6. The van der Waals surface area contributed by atoms with Crippen molar-refractivity contribution in [2.24, 2.45) is 54.1 Å². The largest absolute Gasteiger partial charge is 0.287 e. The van der Waals surface area contributed by atoms with Crippen molar-refractivity contribution in [2.45, 2.75) is 285 Å². The monoisotopic (exact) mass is 1950 g/mol. The minimum Gasteiger partial charge on any atom is -0.232 e. The van der Waals surface area contributed by atoms with E-state index in [2.05, 4.69) is 419 Å². The molecule has 147 heavy (non-hydrogen) atoms. The zero-order valence-corrected chi connectivity index (χ0v) is 93.6. The van der Waals surface area contributed by atoms with Gasteiger partial charge in [-0.1, -0.05) is 191 Å². The molecule has 0 atom stereocenters. The Hall–Kier alpha value is -13.3. The molecule has 0 N–H and O–H groups in total. The molecule has 4 saturated carbocycles. The average molecular weight is 1950 g/mol. The van der Waals surface area contributed by atoms with Crippen LogP contribution in [0.5, 0.6) is 0 Å². The molecule has 22 rings (SSSR count). The van der Waals surface area contributed by atoms with Gasteiger partial charge in [0, 0.05) is 44.5 Å². The van der Waals surface area contributed by atoms with Crippen LogP contribution in [0.25, 0.3) is 133 Å². The Morgan fingerprint density at radius 2 is 0.490 bits per heavy atom. The third-order valence-electron chi connectivity index (χ3n) is 32.8. The summed E-state index contributed by atoms with van der Waals surface area (Å²) in [6.07, 6.45) is 34.0. The predicted molar refractivity (Wildman–Crippen MR) is 613 cm³/mol. The zero-order valence-electron chi connectivity index (χ0n) is 93.6. The van der Waals surface area contributed by atoms with Crippen LogP contribution < -0.4 is 27.4 Å². The molecule has 0 spiro atoms. The highest BCUT2D eigenvalue weighted by atomic mass is 15.0. The molecule has 754 valence electrons. The molecule has 4 aliphatic rings. The molecule has 4 fully saturated rings. The van der Waals surface area contributed by atoms with E-state index >= 15 is 0 Å². The molecule has 0 amide bonds. The third kappa shape index (κ3) is 22.7. The highest BCUT2D eigenvalue weighted by molar-refractivity contribution is 5.98. The maximum Gasteiger partial charge on any atom is 0.287 e. The summed E-state index contributed by atoms with van der Waals surface area (Å²) in [5, 5.41) is 7.55. The van der Waals surface area contributed by atoms with Crippen molar-refractivity contribution >= 4 is 65.4 Å². The minimum absolute atomic E-state index is 0.652. The van der Waals surface area contributed by atoms with E-state index in [0.717, 1.165) is 46.7 Å². The molecule has 0 saturated heterocycles. The second kappa shape index (κ2) is 45.2. The van der Waals surface area contributed by atoms with Crippen LogP contribution >= 0.6 is 0 Å². The summed E-state index contributed by atoms with van der Waals surface area (Å²) in [5.41, 5.74) is 54.9. The van der Waals surface area contributed by atoms with E-state index in [4.69, 9.17) is 15.0 Å². The Morgan fingerprint density at radius 3 is 0.823 bits per heavy atom. The SMILES string of the molecule is Cc1cc(C)c(C)c(-c2c3cc(C4CCCC4)ccc3nc[n+]2C)c1.Cc1cc(C)c(C)c(-c2c3cc(CC(C)C)ccc3nc[n+]2C)c1.Cc1cc(C)c(C)c(-c2c3ccc(C4CCCC4)cc3nc[n+]2C)c1.Cc1cc(C)c(C)c(-c2c3ccc(CC(C)C)cc3nc[n+]2C)c1.Cc1cc(C)c(C)c(-c2c3cccc(C4CCC4)c3nc[n+]2C)c1.Cc1cc(C)c(C)c(-c2c3cccc(C4CCCC4)c3nc[n+]2C)c1. The fourth-order valence-corrected chi connectivity index (χ4v) is 24.2. The summed E-state index contributed by atoms with van der Waals surface area (Å²) in [6, 6.07) is 68.2. The van der Waals surface area contributed by atoms with E-state index < -0.39 is 0 Å². The van der Waals surface area contributed by atoms with Gasteiger partial charge in [-0.25, -0.2) is 27.4 Å². The molecule has 6 aromatic heterocycles. The number of nitrogens with zero attached hydrogens (tertiary/aromatic N) is 12. The number of rotatable bonds is 14. The van der Waals surface area contributed by atoms with Crippen molar-refractivity contribution < 1.29 is 27.4 Å². The Kier molecular flexibility index (Phi) is 32.3. The third-order valence-corrected chi connectivity index (χ3v) is 32.8. The lowest BCUT2D eigenvalue weighted by atomic mass is 9.79. The Labute approximate surface area is 877 Å². The lowest BCUT2D eigenvalue weighted by Crippen LogP contribution is -2.32. The Balaban J connectivity index is 0.000000121. The van der Waals surface area contributed by atoms with E-state index in [-0.39, 0.29) is 0 Å². The fourth-order valence-electron chi connectivity index (χ4n) is 24.2. The van der Waals surface area contributed by atoms with Crippen molar-refractivity contribution in [2.75, 3.05) is 0 Å². The van der Waals surface area contributed by atoms with Crippen LogP contribution in [0.4, 0.5) is 0 Å². The molecule has 0 unspecified atom stereocenters. The minimum atomic E-state index is 0.652. The van der Waals surface area contributed by atoms with Crippen LogP contribution in [0.15, 0.2) is 220 Å². The van der Waals surface area contributed by atoms with Gasteiger partial charge in [0.2, 0.25) is 0 Å². The van der Waals surface area contributed by atoms with Gasteiger partial charge in [-0.05, 0) is 440 Å². The number of hydrogen-bond donors (Lipinski definition) is 0. The summed E-state index contributed by atoms with van der Waals surface area (Å²) >= 11 is 0. The quantitative estimate of drug-likeness (QED) is 0.101. The molecular weight excluding hydrogens is 1790 g/mol. The van der Waals surface area contributed by atoms with Crippen LogP contribution in [0.2, 0.25) is 0 Å². The molecule has 0 bridgehead atoms. The molecule has 0 aliphatic heterocycles. The first kappa shape index (κ1) is 105. The summed E-state index contributed by atoms with van der Waals surface area (Å²) < 4.78 is 13.0. The lowest BCUT2D eigenvalue weighted by Gasteiger charge is -2.25. The number of aryl methyl sites for hydroxylation is 18. The average Bonchev–Trinajstić information content (AvgIpc) is 1.32. The van der Waals surface area contributed by atoms with Crippen molar-refractivity contribution in [1.29, 1.82) is 0 Å². The van der Waals surface area contributed by atoms with Crippen LogP contribution in [0.3, 0.4) is 0 Å². The molecule has 12 heteroatoms. The summed E-state index contributed by atoms with van der Waals surface area (Å²) in [5.74, 6) is 4.14. The Bertz CT molecular complexity index is 7960. The van der Waals surface area contributed by atoms with E-state index in [1.165, 1.54) is 341 Å². The lowest BCUT2D eigenvalue weighted by molar-refractivity contribution is -0.662. The van der Waals surface area contributed by atoms with Crippen LogP contribution in [0, 0.1) is 136 Å². The van der Waals surface area contributed by atoms with Crippen LogP contribution in [-0.2, 0) is 55.1 Å². The van der Waals surface area contributed by atoms with Gasteiger partial charge >= 0.3 is 0 Å². The molecular formula is C135H160N12+6. The summed E-state index contributed by atoms with van der Waals surface area (Å²) in [6.45, 7) is 48.7. The smallest absolute Gasteiger partial charge is 0.232 e. The second-order valence-electron chi connectivity index (χ2n) is 45.3. The zero-order chi connectivity index (χ0) is 104. The molecule has 12 nitrogen and oxygen atoms in total. The number of hydrogen-bond acceptors (Lipinski definition) is 6. The molecule has 18 aromatic rings. The predicted octanol–water partition coefficient (Wildman–Crippen LogP) is 30.5. The number of fused-ring (bicyclic) bond motifs is 6. The van der Waals surface area contributed by atoms with Crippen LogP contribution in [-0.4, -0.2) is 29.9 Å². The number of benzene rings is 12. The van der Waals surface area contributed by atoms with E-state index in [1.54, 1.807) is 0 Å². The van der Waals surface area contributed by atoms with Gasteiger partial charge in [0.05, 0.1) is 74.6 Å². The highest BCUT2D eigenvalue weighted by Gasteiger charge is 2.32. The standard InChI is InChI=1S/3C23H27N2.C22H25N2.2C22H27N2/c1-15-12-16(2)17(3)21(13-15)23-20-11-7-10-19(18-8-5-6-9-18)22(20)24-14-25(23)4;1-15-11-16(2)17(3)20(12-15)23-21-13-19(18-7-5-6-8-18)9-10-22(21)24-14-25(23)4;1-15-11-16(2)17(3)21(12-15)23-20-10-9-19(18-7-5-6-8-18)13-22(20)24-14-25(23)4;1-14-11-15(2)16(3)20(12-14)22-19-10-6-9-18(17-7-5-8-17)21(19)23-13-24(22)4;1-14(2)9-18-7-8-21-20(12-18)22(24(6)13-23-21)19-11-15(3)10-16(4)17(19)5;1-14(2)9-18-7-8-19-21(12-18)23-13-24(6)22(19)20-11-15(3)10-16(4)17(20)5/h7,10-14,18H,5-6,8-9H2,1-4H3;2*9-14,18H,5-8H2,1-4H3;6,9-13,17H,5,7-8H2,1-4H3;2*7-8,10-14H,9H2,1-6H3/q6*+1. The first-order valence-corrected chi connectivity index (χ1v) is 54.6. The van der Waals surface area contributed by atoms with E-state index in [9.17, 15) is 0 Å². The summed E-state index contributed by atoms with van der Waals surface area (Å²) in [4.78, 5) is 28.4.